The van der Waals surface area contributed by atoms with E-state index in [0.717, 1.165) is 4.90 Å². The Balaban J connectivity index is 2.52. The van der Waals surface area contributed by atoms with Crippen molar-refractivity contribution in [3.05, 3.63) is 0 Å². The van der Waals surface area contributed by atoms with Gasteiger partial charge in [0.25, 0.3) is 6.43 Å². The Morgan fingerprint density at radius 2 is 2.00 bits per heavy atom. The zero-order valence-electron chi connectivity index (χ0n) is 10.9. The van der Waals surface area contributed by atoms with Gasteiger partial charge in [0, 0.05) is 6.42 Å². The molecule has 1 atom stereocenters. The van der Waals surface area contributed by atoms with E-state index in [1.54, 1.807) is 6.92 Å². The van der Waals surface area contributed by atoms with Gasteiger partial charge in [-0.3, -0.25) is 14.5 Å². The van der Waals surface area contributed by atoms with Gasteiger partial charge in [0.1, 0.15) is 6.61 Å². The molecule has 1 heterocycles. The van der Waals surface area contributed by atoms with Crippen molar-refractivity contribution in [1.82, 2.24) is 4.90 Å². The van der Waals surface area contributed by atoms with Crippen LogP contribution in [-0.2, 0) is 14.3 Å². The average molecular weight is 263 g/mol. The van der Waals surface area contributed by atoms with Crippen molar-refractivity contribution < 1.29 is 23.1 Å². The number of rotatable bonds is 6. The maximum absolute atomic E-state index is 12.1. The quantitative estimate of drug-likeness (QED) is 0.541. The number of amides is 2. The molecule has 1 saturated heterocycles. The molecule has 1 aliphatic heterocycles. The second-order valence-corrected chi connectivity index (χ2v) is 5.07. The molecule has 0 N–H and O–H groups in total. The van der Waals surface area contributed by atoms with Gasteiger partial charge in [0.05, 0.1) is 18.6 Å². The maximum atomic E-state index is 12.1. The fourth-order valence-corrected chi connectivity index (χ4v) is 1.91. The van der Waals surface area contributed by atoms with Crippen molar-refractivity contribution in [3.63, 3.8) is 0 Å². The number of carbonyl (C=O) groups is 2. The lowest BCUT2D eigenvalue weighted by Gasteiger charge is -2.25. The third kappa shape index (κ3) is 3.04. The van der Waals surface area contributed by atoms with Gasteiger partial charge in [-0.05, 0) is 12.8 Å². The van der Waals surface area contributed by atoms with E-state index in [0.29, 0.717) is 0 Å². The van der Waals surface area contributed by atoms with E-state index in [1.165, 1.54) is 0 Å². The van der Waals surface area contributed by atoms with E-state index in [-0.39, 0.29) is 37.3 Å². The summed E-state index contributed by atoms with van der Waals surface area (Å²) in [6.45, 7) is 4.88. The predicted octanol–water partition coefficient (Wildman–Crippen LogP) is 1.69. The van der Waals surface area contributed by atoms with Crippen molar-refractivity contribution in [3.8, 4) is 0 Å². The van der Waals surface area contributed by atoms with Gasteiger partial charge in [-0.2, -0.15) is 0 Å². The summed E-state index contributed by atoms with van der Waals surface area (Å²) < 4.78 is 28.4. The van der Waals surface area contributed by atoms with Crippen LogP contribution in [0.1, 0.15) is 27.2 Å². The first-order valence-corrected chi connectivity index (χ1v) is 5.99. The first-order valence-electron chi connectivity index (χ1n) is 5.99. The first kappa shape index (κ1) is 15.0. The summed E-state index contributed by atoms with van der Waals surface area (Å²) in [4.78, 5) is 25.0. The molecule has 0 radical (unpaired) electrons. The molecule has 4 nitrogen and oxygen atoms in total. The molecule has 1 unspecified atom stereocenters. The lowest BCUT2D eigenvalue weighted by atomic mass is 9.78. The molecule has 2 amide bonds. The second-order valence-electron chi connectivity index (χ2n) is 5.07. The van der Waals surface area contributed by atoms with E-state index in [9.17, 15) is 18.4 Å². The Bertz CT molecular complexity index is 333. The van der Waals surface area contributed by atoms with E-state index >= 15 is 0 Å². The number of halogens is 2. The maximum Gasteiger partial charge on any atom is 0.261 e. The van der Waals surface area contributed by atoms with Gasteiger partial charge in [-0.15, -0.1) is 0 Å². The molecular weight excluding hydrogens is 244 g/mol. The highest BCUT2D eigenvalue weighted by Gasteiger charge is 2.49. The highest BCUT2D eigenvalue weighted by Crippen LogP contribution is 2.38. The smallest absolute Gasteiger partial charge is 0.261 e. The van der Waals surface area contributed by atoms with Crippen LogP contribution in [-0.4, -0.2) is 42.9 Å². The molecular formula is C12H19F2NO3. The van der Waals surface area contributed by atoms with Gasteiger partial charge in [-0.1, -0.05) is 13.8 Å². The number of ether oxygens (including phenoxy) is 1. The number of carbonyl (C=O) groups excluding carboxylic acids is 2. The molecule has 6 heteroatoms. The molecule has 18 heavy (non-hydrogen) atoms. The summed E-state index contributed by atoms with van der Waals surface area (Å²) in [5.41, 5.74) is -0.681. The molecule has 1 aliphatic rings. The van der Waals surface area contributed by atoms with Gasteiger partial charge in [0.15, 0.2) is 0 Å². The average Bonchev–Trinajstić information content (AvgIpc) is 2.47. The van der Waals surface area contributed by atoms with Gasteiger partial charge < -0.3 is 4.74 Å². The normalized spacial score (nSPS) is 24.7. The molecule has 0 aromatic carbocycles. The Hall–Kier alpha value is -1.04. The molecule has 104 valence electrons. The zero-order chi connectivity index (χ0) is 13.9. The van der Waals surface area contributed by atoms with E-state index in [1.807, 2.05) is 13.8 Å². The standard InChI is InChI=1S/C12H19F2NO3/c1-8(2)12(3)6-10(16)15(11(12)17)4-5-18-7-9(13)14/h8-9H,4-7H2,1-3H3. The Morgan fingerprint density at radius 3 is 2.44 bits per heavy atom. The molecule has 1 rings (SSSR count). The first-order chi connectivity index (χ1) is 8.29. The largest absolute Gasteiger partial charge is 0.374 e. The molecule has 0 saturated carbocycles. The number of nitrogens with zero attached hydrogens (tertiary/aromatic N) is 1. The number of hydrogen-bond donors (Lipinski definition) is 0. The van der Waals surface area contributed by atoms with Gasteiger partial charge >= 0.3 is 0 Å². The Kier molecular flexibility index (Phi) is 4.78. The zero-order valence-corrected chi connectivity index (χ0v) is 10.9. The fraction of sp³-hybridized carbons (Fsp3) is 0.833. The highest BCUT2D eigenvalue weighted by atomic mass is 19.3. The molecule has 0 bridgehead atoms. The molecule has 1 fully saturated rings. The van der Waals surface area contributed by atoms with E-state index in [2.05, 4.69) is 4.74 Å². The number of alkyl halides is 2. The van der Waals surface area contributed by atoms with Crippen molar-refractivity contribution in [1.29, 1.82) is 0 Å². The number of hydrogen-bond acceptors (Lipinski definition) is 3. The van der Waals surface area contributed by atoms with Crippen LogP contribution in [0.4, 0.5) is 8.78 Å². The third-order valence-corrected chi connectivity index (χ3v) is 3.53. The third-order valence-electron chi connectivity index (χ3n) is 3.53. The van der Waals surface area contributed by atoms with Crippen LogP contribution in [0.2, 0.25) is 0 Å². The van der Waals surface area contributed by atoms with Crippen LogP contribution < -0.4 is 0 Å². The van der Waals surface area contributed by atoms with Crippen molar-refractivity contribution >= 4 is 11.8 Å². The topological polar surface area (TPSA) is 46.6 Å². The van der Waals surface area contributed by atoms with Gasteiger partial charge in [0.2, 0.25) is 11.8 Å². The minimum absolute atomic E-state index is 0.0456. The molecule has 0 spiro atoms. The van der Waals surface area contributed by atoms with Crippen LogP contribution in [0.3, 0.4) is 0 Å². The Morgan fingerprint density at radius 1 is 1.39 bits per heavy atom. The summed E-state index contributed by atoms with van der Waals surface area (Å²) in [6.07, 6.45) is -2.35. The minimum Gasteiger partial charge on any atom is -0.374 e. The SMILES string of the molecule is CC(C)C1(C)CC(=O)N(CCOCC(F)F)C1=O. The van der Waals surface area contributed by atoms with Crippen LogP contribution in [0, 0.1) is 11.3 Å². The molecule has 0 aromatic heterocycles. The van der Waals surface area contributed by atoms with E-state index in [4.69, 9.17) is 0 Å². The highest BCUT2D eigenvalue weighted by molar-refractivity contribution is 6.05. The van der Waals surface area contributed by atoms with Gasteiger partial charge in [-0.25, -0.2) is 8.78 Å². The molecule has 0 aliphatic carbocycles. The second kappa shape index (κ2) is 5.73. The lowest BCUT2D eigenvalue weighted by Crippen LogP contribution is -2.38. The number of imide groups is 1. The van der Waals surface area contributed by atoms with Crippen LogP contribution in [0.15, 0.2) is 0 Å². The van der Waals surface area contributed by atoms with Crippen molar-refractivity contribution in [2.45, 2.75) is 33.6 Å². The summed E-state index contributed by atoms with van der Waals surface area (Å²) in [5.74, 6) is -0.430. The summed E-state index contributed by atoms with van der Waals surface area (Å²) in [5, 5.41) is 0. The van der Waals surface area contributed by atoms with Crippen molar-refractivity contribution in [2.75, 3.05) is 19.8 Å². The summed E-state index contributed by atoms with van der Waals surface area (Å²) in [7, 11) is 0. The minimum atomic E-state index is -2.53. The fourth-order valence-electron chi connectivity index (χ4n) is 1.91. The van der Waals surface area contributed by atoms with Crippen LogP contribution in [0.25, 0.3) is 0 Å². The van der Waals surface area contributed by atoms with Crippen molar-refractivity contribution in [2.24, 2.45) is 11.3 Å². The Labute approximate surface area is 105 Å². The monoisotopic (exact) mass is 263 g/mol. The summed E-state index contributed by atoms with van der Waals surface area (Å²) in [6, 6.07) is 0. The lowest BCUT2D eigenvalue weighted by molar-refractivity contribution is -0.143. The molecule has 0 aromatic rings. The predicted molar refractivity (Wildman–Crippen MR) is 61.1 cm³/mol. The number of likely N-dealkylation sites (tertiary alicyclic amines) is 1. The van der Waals surface area contributed by atoms with E-state index < -0.39 is 18.4 Å². The van der Waals surface area contributed by atoms with Crippen LogP contribution in [0.5, 0.6) is 0 Å². The summed E-state index contributed by atoms with van der Waals surface area (Å²) >= 11 is 0. The van der Waals surface area contributed by atoms with Crippen LogP contribution >= 0.6 is 0 Å².